The maximum Gasteiger partial charge on any atom is 0.131 e. The maximum absolute atomic E-state index is 13.5. The average Bonchev–Trinajstić information content (AvgIpc) is 2.39. The minimum absolute atomic E-state index is 0.0349. The summed E-state index contributed by atoms with van der Waals surface area (Å²) in [5, 5.41) is 0. The van der Waals surface area contributed by atoms with Gasteiger partial charge in [-0.1, -0.05) is 12.1 Å². The standard InChI is InChI=1S/C15H14F3NO/c1-9-2-3-11(17)7-15(9)20-8-14(19)12-5-4-10(16)6-13(12)18/h2-7,14H,8,19H2,1H3. The van der Waals surface area contributed by atoms with Crippen LogP contribution in [0.25, 0.3) is 0 Å². The molecule has 0 saturated heterocycles. The van der Waals surface area contributed by atoms with Gasteiger partial charge >= 0.3 is 0 Å². The summed E-state index contributed by atoms with van der Waals surface area (Å²) in [7, 11) is 0. The first-order valence-corrected chi connectivity index (χ1v) is 6.07. The Balaban J connectivity index is 2.08. The number of hydrogen-bond donors (Lipinski definition) is 1. The van der Waals surface area contributed by atoms with E-state index in [4.69, 9.17) is 10.5 Å². The fourth-order valence-electron chi connectivity index (χ4n) is 1.80. The van der Waals surface area contributed by atoms with Gasteiger partial charge in [-0.2, -0.15) is 0 Å². The smallest absolute Gasteiger partial charge is 0.131 e. The van der Waals surface area contributed by atoms with Crippen molar-refractivity contribution in [2.75, 3.05) is 6.61 Å². The van der Waals surface area contributed by atoms with Gasteiger partial charge in [-0.15, -0.1) is 0 Å². The van der Waals surface area contributed by atoms with E-state index in [0.29, 0.717) is 5.75 Å². The van der Waals surface area contributed by atoms with Gasteiger partial charge in [0.1, 0.15) is 29.8 Å². The van der Waals surface area contributed by atoms with E-state index in [1.807, 2.05) is 0 Å². The summed E-state index contributed by atoms with van der Waals surface area (Å²) < 4.78 is 44.8. The molecule has 0 aliphatic heterocycles. The number of aryl methyl sites for hydroxylation is 1. The second kappa shape index (κ2) is 5.96. The number of ether oxygens (including phenoxy) is 1. The van der Waals surface area contributed by atoms with Crippen molar-refractivity contribution in [1.82, 2.24) is 0 Å². The molecule has 20 heavy (non-hydrogen) atoms. The Hall–Kier alpha value is -2.01. The summed E-state index contributed by atoms with van der Waals surface area (Å²) in [6.45, 7) is 1.73. The lowest BCUT2D eigenvalue weighted by molar-refractivity contribution is 0.284. The highest BCUT2D eigenvalue weighted by Crippen LogP contribution is 2.21. The molecule has 0 saturated carbocycles. The molecule has 1 unspecified atom stereocenters. The third-order valence-corrected chi connectivity index (χ3v) is 2.93. The lowest BCUT2D eigenvalue weighted by Gasteiger charge is -2.15. The van der Waals surface area contributed by atoms with Crippen LogP contribution in [0, 0.1) is 24.4 Å². The third-order valence-electron chi connectivity index (χ3n) is 2.93. The Labute approximate surface area is 115 Å². The first-order valence-electron chi connectivity index (χ1n) is 6.07. The molecule has 0 aliphatic carbocycles. The molecule has 0 spiro atoms. The van der Waals surface area contributed by atoms with Crippen LogP contribution >= 0.6 is 0 Å². The normalized spacial score (nSPS) is 12.2. The third kappa shape index (κ3) is 3.30. The van der Waals surface area contributed by atoms with Gasteiger partial charge < -0.3 is 10.5 Å². The predicted molar refractivity (Wildman–Crippen MR) is 69.9 cm³/mol. The molecule has 0 bridgehead atoms. The number of rotatable bonds is 4. The lowest BCUT2D eigenvalue weighted by Crippen LogP contribution is -2.20. The van der Waals surface area contributed by atoms with Gasteiger partial charge in [0.2, 0.25) is 0 Å². The molecule has 0 radical (unpaired) electrons. The molecule has 1 atom stereocenters. The van der Waals surface area contributed by atoms with E-state index >= 15 is 0 Å². The fraction of sp³-hybridized carbons (Fsp3) is 0.200. The highest BCUT2D eigenvalue weighted by atomic mass is 19.1. The van der Waals surface area contributed by atoms with Gasteiger partial charge in [0.15, 0.2) is 0 Å². The first-order chi connectivity index (χ1) is 9.47. The molecule has 0 aromatic heterocycles. The molecular weight excluding hydrogens is 267 g/mol. The van der Waals surface area contributed by atoms with Crippen molar-refractivity contribution in [3.8, 4) is 5.75 Å². The van der Waals surface area contributed by atoms with E-state index in [1.54, 1.807) is 13.0 Å². The molecule has 2 rings (SSSR count). The van der Waals surface area contributed by atoms with Gasteiger partial charge in [0.05, 0.1) is 6.04 Å². The van der Waals surface area contributed by atoms with E-state index in [1.165, 1.54) is 18.2 Å². The van der Waals surface area contributed by atoms with Gasteiger partial charge in [-0.3, -0.25) is 0 Å². The Morgan fingerprint density at radius 2 is 1.70 bits per heavy atom. The van der Waals surface area contributed by atoms with Crippen LogP contribution in [0.15, 0.2) is 36.4 Å². The molecule has 106 valence electrons. The quantitative estimate of drug-likeness (QED) is 0.931. The van der Waals surface area contributed by atoms with Gasteiger partial charge in [-0.05, 0) is 24.6 Å². The van der Waals surface area contributed by atoms with Crippen LogP contribution in [0.1, 0.15) is 17.2 Å². The summed E-state index contributed by atoms with van der Waals surface area (Å²) in [6, 6.07) is 6.54. The summed E-state index contributed by atoms with van der Waals surface area (Å²) >= 11 is 0. The monoisotopic (exact) mass is 281 g/mol. The minimum Gasteiger partial charge on any atom is -0.491 e. The lowest BCUT2D eigenvalue weighted by atomic mass is 10.1. The van der Waals surface area contributed by atoms with Crippen LogP contribution in [0.5, 0.6) is 5.75 Å². The van der Waals surface area contributed by atoms with Gasteiger partial charge in [0, 0.05) is 17.7 Å². The van der Waals surface area contributed by atoms with Gasteiger partial charge in [0.25, 0.3) is 0 Å². The van der Waals surface area contributed by atoms with Crippen LogP contribution in [0.4, 0.5) is 13.2 Å². The number of nitrogens with two attached hydrogens (primary N) is 1. The van der Waals surface area contributed by atoms with Crippen LogP contribution in [0.2, 0.25) is 0 Å². The summed E-state index contributed by atoms with van der Waals surface area (Å²) in [4.78, 5) is 0. The molecular formula is C15H14F3NO. The molecule has 0 aliphatic rings. The molecule has 2 aromatic rings. The predicted octanol–water partition coefficient (Wildman–Crippen LogP) is 3.49. The van der Waals surface area contributed by atoms with Crippen molar-refractivity contribution >= 4 is 0 Å². The molecule has 0 heterocycles. The second-order valence-electron chi connectivity index (χ2n) is 4.49. The van der Waals surface area contributed by atoms with E-state index in [9.17, 15) is 13.2 Å². The van der Waals surface area contributed by atoms with Crippen LogP contribution in [0.3, 0.4) is 0 Å². The molecule has 5 heteroatoms. The Bertz CT molecular complexity index is 616. The number of hydrogen-bond acceptors (Lipinski definition) is 2. The Morgan fingerprint density at radius 3 is 2.40 bits per heavy atom. The zero-order valence-electron chi connectivity index (χ0n) is 10.9. The van der Waals surface area contributed by atoms with Crippen molar-refractivity contribution in [3.63, 3.8) is 0 Å². The zero-order chi connectivity index (χ0) is 14.7. The van der Waals surface area contributed by atoms with Crippen LogP contribution in [-0.4, -0.2) is 6.61 Å². The highest BCUT2D eigenvalue weighted by molar-refractivity contribution is 5.33. The largest absolute Gasteiger partial charge is 0.491 e. The van der Waals surface area contributed by atoms with Crippen LogP contribution in [-0.2, 0) is 0 Å². The molecule has 2 aromatic carbocycles. The molecule has 2 nitrogen and oxygen atoms in total. The van der Waals surface area contributed by atoms with Crippen LogP contribution < -0.4 is 10.5 Å². The highest BCUT2D eigenvalue weighted by Gasteiger charge is 2.13. The van der Waals surface area contributed by atoms with E-state index in [-0.39, 0.29) is 12.2 Å². The van der Waals surface area contributed by atoms with E-state index < -0.39 is 23.5 Å². The van der Waals surface area contributed by atoms with Crippen molar-refractivity contribution in [1.29, 1.82) is 0 Å². The maximum atomic E-state index is 13.5. The number of halogens is 3. The SMILES string of the molecule is Cc1ccc(F)cc1OCC(N)c1ccc(F)cc1F. The zero-order valence-corrected chi connectivity index (χ0v) is 10.9. The Kier molecular flexibility index (Phi) is 4.29. The van der Waals surface area contributed by atoms with Crippen molar-refractivity contribution in [3.05, 3.63) is 65.0 Å². The summed E-state index contributed by atoms with van der Waals surface area (Å²) in [5.74, 6) is -1.47. The van der Waals surface area contributed by atoms with Crippen molar-refractivity contribution in [2.45, 2.75) is 13.0 Å². The summed E-state index contributed by atoms with van der Waals surface area (Å²) in [5.41, 5.74) is 6.70. The fourth-order valence-corrected chi connectivity index (χ4v) is 1.80. The van der Waals surface area contributed by atoms with E-state index in [2.05, 4.69) is 0 Å². The summed E-state index contributed by atoms with van der Waals surface area (Å²) in [6.07, 6.45) is 0. The second-order valence-corrected chi connectivity index (χ2v) is 4.49. The first kappa shape index (κ1) is 14.4. The molecule has 0 fully saturated rings. The van der Waals surface area contributed by atoms with E-state index in [0.717, 1.165) is 17.7 Å². The molecule has 2 N–H and O–H groups in total. The Morgan fingerprint density at radius 1 is 1.05 bits per heavy atom. The average molecular weight is 281 g/mol. The minimum atomic E-state index is -0.765. The van der Waals surface area contributed by atoms with Crippen molar-refractivity contribution in [2.24, 2.45) is 5.73 Å². The van der Waals surface area contributed by atoms with Crippen molar-refractivity contribution < 1.29 is 17.9 Å². The number of benzene rings is 2. The molecule has 0 amide bonds. The topological polar surface area (TPSA) is 35.2 Å². The van der Waals surface area contributed by atoms with Gasteiger partial charge in [-0.25, -0.2) is 13.2 Å².